The lowest BCUT2D eigenvalue weighted by atomic mass is 10.0. The monoisotopic (exact) mass is 282 g/mol. The minimum Gasteiger partial charge on any atom is -0.389 e. The van der Waals surface area contributed by atoms with Crippen molar-refractivity contribution >= 4 is 0 Å². The first-order valence-electron chi connectivity index (χ1n) is 7.22. The number of nitrogens with zero attached hydrogens (tertiary/aromatic N) is 1. The highest BCUT2D eigenvalue weighted by Gasteiger charge is 2.18. The maximum Gasteiger partial charge on any atom is 0.127 e. The Morgan fingerprint density at radius 2 is 2.00 bits per heavy atom. The fourth-order valence-electron chi connectivity index (χ4n) is 2.46. The zero-order valence-electron chi connectivity index (χ0n) is 13.0. The van der Waals surface area contributed by atoms with Crippen molar-refractivity contribution in [3.8, 4) is 0 Å². The van der Waals surface area contributed by atoms with E-state index in [1.807, 2.05) is 26.1 Å². The minimum absolute atomic E-state index is 0.00505. The lowest BCUT2D eigenvalue weighted by Gasteiger charge is -2.27. The van der Waals surface area contributed by atoms with Crippen molar-refractivity contribution in [2.75, 3.05) is 26.7 Å². The molecule has 1 aromatic carbocycles. The van der Waals surface area contributed by atoms with E-state index in [1.165, 1.54) is 6.07 Å². The van der Waals surface area contributed by atoms with Crippen LogP contribution in [0.3, 0.4) is 0 Å². The zero-order chi connectivity index (χ0) is 15.2. The average Bonchev–Trinajstić information content (AvgIpc) is 2.33. The molecule has 0 saturated carbocycles. The van der Waals surface area contributed by atoms with Crippen LogP contribution in [0.25, 0.3) is 0 Å². The molecule has 4 heteroatoms. The Labute approximate surface area is 121 Å². The van der Waals surface area contributed by atoms with Gasteiger partial charge in [0.2, 0.25) is 0 Å². The van der Waals surface area contributed by atoms with Gasteiger partial charge in [0.15, 0.2) is 0 Å². The summed E-state index contributed by atoms with van der Waals surface area (Å²) in [5.41, 5.74) is 0.00599. The largest absolute Gasteiger partial charge is 0.389 e. The molecule has 3 nitrogen and oxygen atoms in total. The molecule has 0 aliphatic rings. The van der Waals surface area contributed by atoms with Gasteiger partial charge >= 0.3 is 0 Å². The summed E-state index contributed by atoms with van der Waals surface area (Å²) in [6.07, 6.45) is 0.807. The summed E-state index contributed by atoms with van der Waals surface area (Å²) in [5.74, 6) is -0.163. The van der Waals surface area contributed by atoms with Crippen LogP contribution in [0.5, 0.6) is 0 Å². The summed E-state index contributed by atoms with van der Waals surface area (Å²) in [6.45, 7) is 7.81. The minimum atomic E-state index is -0.708. The molecule has 0 bridgehead atoms. The van der Waals surface area contributed by atoms with Crippen LogP contribution in [-0.2, 0) is 0 Å². The predicted octanol–water partition coefficient (Wildman–Crippen LogP) is 2.57. The van der Waals surface area contributed by atoms with Gasteiger partial charge in [-0.25, -0.2) is 4.39 Å². The van der Waals surface area contributed by atoms with E-state index < -0.39 is 5.60 Å². The van der Waals surface area contributed by atoms with Gasteiger partial charge in [-0.3, -0.25) is 0 Å². The number of aliphatic hydroxyl groups is 1. The number of benzene rings is 1. The van der Waals surface area contributed by atoms with Gasteiger partial charge < -0.3 is 15.3 Å². The van der Waals surface area contributed by atoms with Gasteiger partial charge in [0, 0.05) is 18.2 Å². The molecule has 0 aliphatic heterocycles. The van der Waals surface area contributed by atoms with Crippen LogP contribution in [0.1, 0.15) is 38.8 Å². The van der Waals surface area contributed by atoms with E-state index in [-0.39, 0.29) is 11.9 Å². The molecule has 20 heavy (non-hydrogen) atoms. The summed E-state index contributed by atoms with van der Waals surface area (Å²) in [4.78, 5) is 2.07. The van der Waals surface area contributed by atoms with Gasteiger partial charge in [-0.1, -0.05) is 25.1 Å². The van der Waals surface area contributed by atoms with Crippen LogP contribution < -0.4 is 5.32 Å². The molecule has 0 amide bonds. The number of halogens is 1. The van der Waals surface area contributed by atoms with E-state index in [4.69, 9.17) is 0 Å². The molecule has 2 N–H and O–H groups in total. The van der Waals surface area contributed by atoms with Crippen molar-refractivity contribution in [1.82, 2.24) is 10.2 Å². The summed E-state index contributed by atoms with van der Waals surface area (Å²) >= 11 is 0. The third-order valence-corrected chi connectivity index (χ3v) is 3.19. The van der Waals surface area contributed by atoms with Crippen molar-refractivity contribution in [1.29, 1.82) is 0 Å². The van der Waals surface area contributed by atoms with Crippen LogP contribution in [0.4, 0.5) is 4.39 Å². The van der Waals surface area contributed by atoms with E-state index in [9.17, 15) is 9.50 Å². The standard InChI is InChI=1S/C16H27FN2O/c1-5-18-15(13-8-6-7-9-14(13)17)10-11-19(4)12-16(2,3)20/h6-9,15,18,20H,5,10-12H2,1-4H3. The quantitative estimate of drug-likeness (QED) is 0.769. The van der Waals surface area contributed by atoms with E-state index >= 15 is 0 Å². The van der Waals surface area contributed by atoms with Crippen molar-refractivity contribution in [2.24, 2.45) is 0 Å². The van der Waals surface area contributed by atoms with Crippen LogP contribution in [0, 0.1) is 5.82 Å². The smallest absolute Gasteiger partial charge is 0.127 e. The normalized spacial score (nSPS) is 13.8. The average molecular weight is 282 g/mol. The summed E-state index contributed by atoms with van der Waals surface area (Å²) < 4.78 is 13.9. The molecule has 1 unspecified atom stereocenters. The molecule has 0 saturated heterocycles. The fraction of sp³-hybridized carbons (Fsp3) is 0.625. The molecule has 0 fully saturated rings. The Morgan fingerprint density at radius 3 is 2.55 bits per heavy atom. The maximum atomic E-state index is 13.9. The van der Waals surface area contributed by atoms with Gasteiger partial charge in [-0.2, -0.15) is 0 Å². The highest BCUT2D eigenvalue weighted by Crippen LogP contribution is 2.20. The Bertz CT molecular complexity index is 404. The first-order valence-corrected chi connectivity index (χ1v) is 7.22. The lowest BCUT2D eigenvalue weighted by molar-refractivity contribution is 0.0435. The van der Waals surface area contributed by atoms with E-state index in [2.05, 4.69) is 10.2 Å². The van der Waals surface area contributed by atoms with E-state index in [0.29, 0.717) is 12.1 Å². The molecule has 0 spiro atoms. The summed E-state index contributed by atoms with van der Waals surface area (Å²) in [6, 6.07) is 6.91. The van der Waals surface area contributed by atoms with Gasteiger partial charge in [0.25, 0.3) is 0 Å². The number of hydrogen-bond acceptors (Lipinski definition) is 3. The molecule has 0 aromatic heterocycles. The zero-order valence-corrected chi connectivity index (χ0v) is 13.0. The Morgan fingerprint density at radius 1 is 1.35 bits per heavy atom. The fourth-order valence-corrected chi connectivity index (χ4v) is 2.46. The topological polar surface area (TPSA) is 35.5 Å². The van der Waals surface area contributed by atoms with Crippen LogP contribution in [0.2, 0.25) is 0 Å². The van der Waals surface area contributed by atoms with Crippen molar-refractivity contribution in [3.05, 3.63) is 35.6 Å². The second-order valence-corrected chi connectivity index (χ2v) is 5.97. The third-order valence-electron chi connectivity index (χ3n) is 3.19. The van der Waals surface area contributed by atoms with Gasteiger partial charge in [0.05, 0.1) is 5.60 Å². The first-order chi connectivity index (χ1) is 9.33. The van der Waals surface area contributed by atoms with Crippen LogP contribution in [-0.4, -0.2) is 42.3 Å². The van der Waals surface area contributed by atoms with Crippen LogP contribution in [0.15, 0.2) is 24.3 Å². The number of likely N-dealkylation sites (N-methyl/N-ethyl adjacent to an activating group) is 1. The van der Waals surface area contributed by atoms with Gasteiger partial charge in [-0.15, -0.1) is 0 Å². The van der Waals surface area contributed by atoms with Crippen molar-refractivity contribution < 1.29 is 9.50 Å². The molecule has 1 rings (SSSR count). The number of nitrogens with one attached hydrogen (secondary N) is 1. The molecule has 0 heterocycles. The van der Waals surface area contributed by atoms with E-state index in [1.54, 1.807) is 19.9 Å². The first kappa shape index (κ1) is 17.1. The second kappa shape index (κ2) is 7.72. The van der Waals surface area contributed by atoms with E-state index in [0.717, 1.165) is 19.5 Å². The number of hydrogen-bond donors (Lipinski definition) is 2. The third kappa shape index (κ3) is 5.99. The lowest BCUT2D eigenvalue weighted by Crippen LogP contribution is -2.37. The molecule has 1 aromatic rings. The number of rotatable bonds is 8. The second-order valence-electron chi connectivity index (χ2n) is 5.97. The van der Waals surface area contributed by atoms with Gasteiger partial charge in [-0.05, 0) is 46.5 Å². The molecular weight excluding hydrogens is 255 g/mol. The maximum absolute atomic E-state index is 13.9. The van der Waals surface area contributed by atoms with Gasteiger partial charge in [0.1, 0.15) is 5.82 Å². The Kier molecular flexibility index (Phi) is 6.59. The highest BCUT2D eigenvalue weighted by atomic mass is 19.1. The van der Waals surface area contributed by atoms with Crippen molar-refractivity contribution in [3.63, 3.8) is 0 Å². The molecule has 1 atom stereocenters. The van der Waals surface area contributed by atoms with Crippen molar-refractivity contribution in [2.45, 2.75) is 38.8 Å². The Balaban J connectivity index is 2.62. The van der Waals surface area contributed by atoms with Crippen LogP contribution >= 0.6 is 0 Å². The SMILES string of the molecule is CCNC(CCN(C)CC(C)(C)O)c1ccccc1F. The molecule has 0 aliphatic carbocycles. The molecule has 0 radical (unpaired) electrons. The summed E-state index contributed by atoms with van der Waals surface area (Å²) in [5, 5.41) is 13.1. The molecule has 114 valence electrons. The predicted molar refractivity (Wildman–Crippen MR) is 81.2 cm³/mol. The highest BCUT2D eigenvalue weighted by molar-refractivity contribution is 5.21. The summed E-state index contributed by atoms with van der Waals surface area (Å²) in [7, 11) is 1.97. The molecular formula is C16H27FN2O. The Hall–Kier alpha value is -0.970.